The van der Waals surface area contributed by atoms with Crippen LogP contribution in [0.15, 0.2) is 54.6 Å². The molecule has 4 nitrogen and oxygen atoms in total. The average Bonchev–Trinajstić information content (AvgIpc) is 2.96. The molecule has 136 valence electrons. The quantitative estimate of drug-likeness (QED) is 0.809. The number of benzene rings is 2. The van der Waals surface area contributed by atoms with Crippen molar-refractivity contribution in [2.75, 3.05) is 6.54 Å². The smallest absolute Gasteiger partial charge is 0.225 e. The second kappa shape index (κ2) is 8.86. The van der Waals surface area contributed by atoms with Gasteiger partial charge in [0.1, 0.15) is 0 Å². The first-order chi connectivity index (χ1) is 12.6. The highest BCUT2D eigenvalue weighted by Gasteiger charge is 2.30. The second-order valence-corrected chi connectivity index (χ2v) is 7.14. The molecule has 1 saturated heterocycles. The van der Waals surface area contributed by atoms with Gasteiger partial charge >= 0.3 is 0 Å². The van der Waals surface area contributed by atoms with Gasteiger partial charge in [-0.05, 0) is 36.1 Å². The highest BCUT2D eigenvalue weighted by molar-refractivity contribution is 6.30. The zero-order valence-corrected chi connectivity index (χ0v) is 15.4. The number of amides is 2. The van der Waals surface area contributed by atoms with Crippen LogP contribution in [0, 0.1) is 0 Å². The van der Waals surface area contributed by atoms with E-state index in [0.717, 1.165) is 23.4 Å². The minimum atomic E-state index is -0.0887. The van der Waals surface area contributed by atoms with Crippen LogP contribution in [0.5, 0.6) is 0 Å². The molecule has 2 aromatic carbocycles. The summed E-state index contributed by atoms with van der Waals surface area (Å²) in [6.45, 7) is 1.18. The van der Waals surface area contributed by atoms with Crippen molar-refractivity contribution in [2.24, 2.45) is 0 Å². The molecule has 0 saturated carbocycles. The van der Waals surface area contributed by atoms with E-state index in [0.29, 0.717) is 25.9 Å². The number of carbonyl (C=O) groups is 2. The van der Waals surface area contributed by atoms with Gasteiger partial charge < -0.3 is 10.2 Å². The number of nitrogens with zero attached hydrogens (tertiary/aromatic N) is 1. The Balaban J connectivity index is 1.40. The molecule has 2 amide bonds. The molecule has 0 bridgehead atoms. The standard InChI is InChI=1S/C21H23ClN2O2/c22-18-11-9-16(10-12-18)7-4-8-20(25)23-19-13-21(26)24(15-19)14-17-5-2-1-3-6-17/h1-3,5-6,9-12,19H,4,7-8,13-15H2,(H,23,25). The number of hydrogen-bond donors (Lipinski definition) is 1. The lowest BCUT2D eigenvalue weighted by Gasteiger charge is -2.17. The Bertz CT molecular complexity index is 746. The van der Waals surface area contributed by atoms with Crippen LogP contribution in [0.4, 0.5) is 0 Å². The van der Waals surface area contributed by atoms with Gasteiger partial charge in [0, 0.05) is 31.0 Å². The van der Waals surface area contributed by atoms with Crippen LogP contribution in [0.2, 0.25) is 5.02 Å². The SMILES string of the molecule is O=C(CCCc1ccc(Cl)cc1)NC1CC(=O)N(Cc2ccccc2)C1. The Kier molecular flexibility index (Phi) is 6.29. The minimum Gasteiger partial charge on any atom is -0.351 e. The Morgan fingerprint density at radius 3 is 2.54 bits per heavy atom. The third-order valence-electron chi connectivity index (χ3n) is 4.58. The molecule has 0 spiro atoms. The Hall–Kier alpha value is -2.33. The molecule has 0 radical (unpaired) electrons. The molecule has 26 heavy (non-hydrogen) atoms. The summed E-state index contributed by atoms with van der Waals surface area (Å²) in [6.07, 6.45) is 2.47. The molecule has 1 atom stereocenters. The molecule has 0 aliphatic carbocycles. The van der Waals surface area contributed by atoms with E-state index >= 15 is 0 Å². The largest absolute Gasteiger partial charge is 0.351 e. The fourth-order valence-corrected chi connectivity index (χ4v) is 3.36. The third-order valence-corrected chi connectivity index (χ3v) is 4.83. The summed E-state index contributed by atoms with van der Waals surface area (Å²) in [6, 6.07) is 17.5. The van der Waals surface area contributed by atoms with E-state index in [-0.39, 0.29) is 17.9 Å². The first kappa shape index (κ1) is 18.5. The number of rotatable bonds is 7. The van der Waals surface area contributed by atoms with Crippen LogP contribution in [0.1, 0.15) is 30.4 Å². The molecular formula is C21H23ClN2O2. The van der Waals surface area contributed by atoms with Gasteiger partial charge in [0.05, 0.1) is 6.04 Å². The van der Waals surface area contributed by atoms with Gasteiger partial charge in [-0.15, -0.1) is 0 Å². The van der Waals surface area contributed by atoms with E-state index in [2.05, 4.69) is 5.32 Å². The van der Waals surface area contributed by atoms with Gasteiger partial charge in [-0.2, -0.15) is 0 Å². The van der Waals surface area contributed by atoms with E-state index in [9.17, 15) is 9.59 Å². The predicted octanol–water partition coefficient (Wildman–Crippen LogP) is 3.58. The molecule has 5 heteroatoms. The lowest BCUT2D eigenvalue weighted by Crippen LogP contribution is -2.36. The minimum absolute atomic E-state index is 0.0123. The molecule has 1 unspecified atom stereocenters. The van der Waals surface area contributed by atoms with Crippen LogP contribution in [0.3, 0.4) is 0 Å². The van der Waals surface area contributed by atoms with E-state index in [1.54, 1.807) is 0 Å². The Labute approximate surface area is 159 Å². The number of likely N-dealkylation sites (tertiary alicyclic amines) is 1. The fraction of sp³-hybridized carbons (Fsp3) is 0.333. The van der Waals surface area contributed by atoms with E-state index in [1.165, 1.54) is 5.56 Å². The zero-order chi connectivity index (χ0) is 18.4. The maximum Gasteiger partial charge on any atom is 0.225 e. The number of nitrogens with one attached hydrogen (secondary N) is 1. The van der Waals surface area contributed by atoms with Gasteiger partial charge in [0.2, 0.25) is 11.8 Å². The topological polar surface area (TPSA) is 49.4 Å². The fourth-order valence-electron chi connectivity index (χ4n) is 3.23. The molecule has 0 aromatic heterocycles. The van der Waals surface area contributed by atoms with Crippen LogP contribution >= 0.6 is 11.6 Å². The van der Waals surface area contributed by atoms with Crippen molar-refractivity contribution in [1.29, 1.82) is 0 Å². The van der Waals surface area contributed by atoms with Crippen molar-refractivity contribution in [3.05, 3.63) is 70.7 Å². The first-order valence-electron chi connectivity index (χ1n) is 8.95. The summed E-state index contributed by atoms with van der Waals surface area (Å²) < 4.78 is 0. The summed E-state index contributed by atoms with van der Waals surface area (Å²) in [7, 11) is 0. The average molecular weight is 371 g/mol. The highest BCUT2D eigenvalue weighted by Crippen LogP contribution is 2.16. The summed E-state index contributed by atoms with van der Waals surface area (Å²) in [4.78, 5) is 26.1. The number of halogens is 1. The van der Waals surface area contributed by atoms with Crippen molar-refractivity contribution >= 4 is 23.4 Å². The molecular weight excluding hydrogens is 348 g/mol. The van der Waals surface area contributed by atoms with Gasteiger partial charge in [-0.1, -0.05) is 54.1 Å². The molecule has 3 rings (SSSR count). The Morgan fingerprint density at radius 2 is 1.81 bits per heavy atom. The van der Waals surface area contributed by atoms with E-state index < -0.39 is 0 Å². The van der Waals surface area contributed by atoms with Gasteiger partial charge in [-0.25, -0.2) is 0 Å². The van der Waals surface area contributed by atoms with Crippen molar-refractivity contribution in [3.63, 3.8) is 0 Å². The van der Waals surface area contributed by atoms with Crippen molar-refractivity contribution in [1.82, 2.24) is 10.2 Å². The molecule has 2 aromatic rings. The molecule has 1 N–H and O–H groups in total. The monoisotopic (exact) mass is 370 g/mol. The van der Waals surface area contributed by atoms with E-state index in [1.807, 2.05) is 59.5 Å². The highest BCUT2D eigenvalue weighted by atomic mass is 35.5. The first-order valence-corrected chi connectivity index (χ1v) is 9.33. The third kappa shape index (κ3) is 5.33. The van der Waals surface area contributed by atoms with Crippen molar-refractivity contribution in [2.45, 2.75) is 38.3 Å². The molecule has 1 aliphatic rings. The lowest BCUT2D eigenvalue weighted by molar-refractivity contribution is -0.128. The van der Waals surface area contributed by atoms with Gasteiger partial charge in [0.25, 0.3) is 0 Å². The molecule has 1 heterocycles. The number of hydrogen-bond acceptors (Lipinski definition) is 2. The summed E-state index contributed by atoms with van der Waals surface area (Å²) in [5.74, 6) is 0.110. The summed E-state index contributed by atoms with van der Waals surface area (Å²) in [5, 5.41) is 3.72. The Morgan fingerprint density at radius 1 is 1.08 bits per heavy atom. The van der Waals surface area contributed by atoms with Gasteiger partial charge in [0.15, 0.2) is 0 Å². The second-order valence-electron chi connectivity index (χ2n) is 6.71. The molecule has 1 fully saturated rings. The van der Waals surface area contributed by atoms with Crippen LogP contribution in [-0.2, 0) is 22.6 Å². The maximum atomic E-state index is 12.2. The van der Waals surface area contributed by atoms with E-state index in [4.69, 9.17) is 11.6 Å². The lowest BCUT2D eigenvalue weighted by atomic mass is 10.1. The zero-order valence-electron chi connectivity index (χ0n) is 14.7. The summed E-state index contributed by atoms with van der Waals surface area (Å²) >= 11 is 5.87. The van der Waals surface area contributed by atoms with Crippen LogP contribution < -0.4 is 5.32 Å². The van der Waals surface area contributed by atoms with Gasteiger partial charge in [-0.3, -0.25) is 9.59 Å². The predicted molar refractivity (Wildman–Crippen MR) is 103 cm³/mol. The number of aryl methyl sites for hydroxylation is 1. The maximum absolute atomic E-state index is 12.2. The molecule has 1 aliphatic heterocycles. The normalized spacial score (nSPS) is 16.7. The van der Waals surface area contributed by atoms with Crippen LogP contribution in [0.25, 0.3) is 0 Å². The van der Waals surface area contributed by atoms with Crippen molar-refractivity contribution < 1.29 is 9.59 Å². The van der Waals surface area contributed by atoms with Crippen molar-refractivity contribution in [3.8, 4) is 0 Å². The number of carbonyl (C=O) groups excluding carboxylic acids is 2. The summed E-state index contributed by atoms with van der Waals surface area (Å²) in [5.41, 5.74) is 2.28. The van der Waals surface area contributed by atoms with Crippen LogP contribution in [-0.4, -0.2) is 29.3 Å².